The maximum absolute atomic E-state index is 11.8. The summed E-state index contributed by atoms with van der Waals surface area (Å²) in [5.74, 6) is 0.897. The second-order valence-electron chi connectivity index (χ2n) is 5.64. The van der Waals surface area contributed by atoms with Gasteiger partial charge in [0.15, 0.2) is 5.96 Å². The highest BCUT2D eigenvalue weighted by Crippen LogP contribution is 2.19. The second-order valence-corrected chi connectivity index (χ2v) is 6.89. The van der Waals surface area contributed by atoms with E-state index in [9.17, 15) is 4.79 Å². The van der Waals surface area contributed by atoms with Crippen molar-refractivity contribution >= 4 is 23.3 Å². The Morgan fingerprint density at radius 2 is 2.04 bits per heavy atom. The van der Waals surface area contributed by atoms with Crippen LogP contribution in [0.4, 0.5) is 0 Å². The van der Waals surface area contributed by atoms with Crippen molar-refractivity contribution in [2.24, 2.45) is 10.9 Å². The van der Waals surface area contributed by atoms with Crippen molar-refractivity contribution in [3.8, 4) is 0 Å². The molecule has 1 saturated heterocycles. The number of piperidine rings is 1. The van der Waals surface area contributed by atoms with Crippen LogP contribution in [0, 0.1) is 5.92 Å². The first-order valence-corrected chi connectivity index (χ1v) is 9.19. The van der Waals surface area contributed by atoms with Gasteiger partial charge in [-0.05, 0) is 38.3 Å². The maximum atomic E-state index is 11.8. The van der Waals surface area contributed by atoms with E-state index in [1.807, 2.05) is 25.3 Å². The van der Waals surface area contributed by atoms with Crippen molar-refractivity contribution in [1.82, 2.24) is 10.2 Å². The van der Waals surface area contributed by atoms with Crippen molar-refractivity contribution in [1.29, 1.82) is 0 Å². The Balaban J connectivity index is 1.82. The van der Waals surface area contributed by atoms with Crippen LogP contribution in [0.25, 0.3) is 0 Å². The van der Waals surface area contributed by atoms with Gasteiger partial charge in [0.1, 0.15) is 0 Å². The summed E-state index contributed by atoms with van der Waals surface area (Å²) in [5, 5.41) is 3.43. The van der Waals surface area contributed by atoms with Crippen molar-refractivity contribution in [2.45, 2.75) is 39.7 Å². The number of aryl methyl sites for hydroxylation is 1. The molecule has 0 radical (unpaired) electrons. The highest BCUT2D eigenvalue weighted by atomic mass is 32.1. The first-order chi connectivity index (χ1) is 11.2. The Kier molecular flexibility index (Phi) is 6.89. The number of rotatable bonds is 5. The van der Waals surface area contributed by atoms with Gasteiger partial charge in [0.05, 0.1) is 19.1 Å². The molecule has 1 fully saturated rings. The van der Waals surface area contributed by atoms with Crippen LogP contribution < -0.4 is 5.32 Å². The number of likely N-dealkylation sites (tertiary alicyclic amines) is 1. The van der Waals surface area contributed by atoms with Crippen LogP contribution in [-0.2, 0) is 22.5 Å². The third-order valence-electron chi connectivity index (χ3n) is 4.11. The topological polar surface area (TPSA) is 53.9 Å². The third-order valence-corrected chi connectivity index (χ3v) is 5.34. The molecular weight excluding hydrogens is 310 g/mol. The van der Waals surface area contributed by atoms with Crippen LogP contribution >= 0.6 is 11.3 Å². The van der Waals surface area contributed by atoms with Crippen LogP contribution in [0.1, 0.15) is 36.4 Å². The molecule has 0 aromatic carbocycles. The largest absolute Gasteiger partial charge is 0.466 e. The molecule has 128 valence electrons. The Hall–Kier alpha value is -1.56. The molecule has 0 saturated carbocycles. The summed E-state index contributed by atoms with van der Waals surface area (Å²) >= 11 is 1.84. The van der Waals surface area contributed by atoms with E-state index in [4.69, 9.17) is 4.74 Å². The first-order valence-electron chi connectivity index (χ1n) is 8.37. The highest BCUT2D eigenvalue weighted by molar-refractivity contribution is 7.11. The fraction of sp³-hybridized carbons (Fsp3) is 0.647. The number of carbonyl (C=O) groups excluding carboxylic acids is 1. The van der Waals surface area contributed by atoms with E-state index in [2.05, 4.69) is 34.3 Å². The zero-order valence-corrected chi connectivity index (χ0v) is 15.1. The van der Waals surface area contributed by atoms with Crippen molar-refractivity contribution in [3.05, 3.63) is 21.9 Å². The fourth-order valence-corrected chi connectivity index (χ4v) is 3.69. The molecule has 1 N–H and O–H groups in total. The monoisotopic (exact) mass is 337 g/mol. The summed E-state index contributed by atoms with van der Waals surface area (Å²) in [6.45, 7) is 6.97. The van der Waals surface area contributed by atoms with E-state index >= 15 is 0 Å². The highest BCUT2D eigenvalue weighted by Gasteiger charge is 2.27. The Bertz CT molecular complexity index is 534. The van der Waals surface area contributed by atoms with Crippen LogP contribution in [-0.4, -0.2) is 43.6 Å². The summed E-state index contributed by atoms with van der Waals surface area (Å²) in [6.07, 6.45) is 2.75. The summed E-state index contributed by atoms with van der Waals surface area (Å²) < 4.78 is 5.12. The predicted octanol–water partition coefficient (Wildman–Crippen LogP) is 2.66. The average molecular weight is 337 g/mol. The van der Waals surface area contributed by atoms with Gasteiger partial charge in [0.25, 0.3) is 0 Å². The molecule has 6 heteroatoms. The van der Waals surface area contributed by atoms with Gasteiger partial charge < -0.3 is 15.0 Å². The van der Waals surface area contributed by atoms with Crippen LogP contribution in [0.15, 0.2) is 17.1 Å². The predicted molar refractivity (Wildman–Crippen MR) is 94.8 cm³/mol. The van der Waals surface area contributed by atoms with Crippen molar-refractivity contribution < 1.29 is 9.53 Å². The average Bonchev–Trinajstić information content (AvgIpc) is 3.04. The van der Waals surface area contributed by atoms with E-state index in [0.29, 0.717) is 6.61 Å². The molecule has 0 unspecified atom stereocenters. The van der Waals surface area contributed by atoms with Crippen LogP contribution in [0.2, 0.25) is 0 Å². The van der Waals surface area contributed by atoms with Gasteiger partial charge in [-0.2, -0.15) is 0 Å². The molecule has 0 atom stereocenters. The van der Waals surface area contributed by atoms with Crippen molar-refractivity contribution in [3.63, 3.8) is 0 Å². The first kappa shape index (κ1) is 17.8. The standard InChI is InChI=1S/C17H27N3O2S/c1-4-14-6-7-15(23-14)12-19-17(18-3)20-10-8-13(9-11-20)16(21)22-5-2/h6-7,13H,4-5,8-12H2,1-3H3,(H,18,19). The lowest BCUT2D eigenvalue weighted by Gasteiger charge is -2.33. The van der Waals surface area contributed by atoms with Gasteiger partial charge in [-0.1, -0.05) is 6.92 Å². The molecule has 0 spiro atoms. The van der Waals surface area contributed by atoms with E-state index in [0.717, 1.165) is 44.9 Å². The Labute approximate surface area is 142 Å². The number of thiophene rings is 1. The molecule has 0 bridgehead atoms. The van der Waals surface area contributed by atoms with Gasteiger partial charge in [-0.15, -0.1) is 11.3 Å². The Morgan fingerprint density at radius 3 is 2.61 bits per heavy atom. The van der Waals surface area contributed by atoms with E-state index in [1.54, 1.807) is 0 Å². The van der Waals surface area contributed by atoms with Crippen molar-refractivity contribution in [2.75, 3.05) is 26.7 Å². The van der Waals surface area contributed by atoms with E-state index in [-0.39, 0.29) is 11.9 Å². The molecule has 23 heavy (non-hydrogen) atoms. The number of esters is 1. The SMILES string of the molecule is CCOC(=O)C1CCN(C(=NC)NCc2ccc(CC)s2)CC1. The number of guanidine groups is 1. The van der Waals surface area contributed by atoms with Gasteiger partial charge in [-0.3, -0.25) is 9.79 Å². The van der Waals surface area contributed by atoms with Gasteiger partial charge in [0.2, 0.25) is 0 Å². The van der Waals surface area contributed by atoms with Gasteiger partial charge in [-0.25, -0.2) is 0 Å². The second kappa shape index (κ2) is 8.91. The van der Waals surface area contributed by atoms with Gasteiger partial charge >= 0.3 is 5.97 Å². The smallest absolute Gasteiger partial charge is 0.309 e. The minimum absolute atomic E-state index is 0.0358. The molecule has 2 heterocycles. The third kappa shape index (κ3) is 4.96. The summed E-state index contributed by atoms with van der Waals surface area (Å²) in [5.41, 5.74) is 0. The molecule has 1 aromatic heterocycles. The lowest BCUT2D eigenvalue weighted by Crippen LogP contribution is -2.46. The normalized spacial score (nSPS) is 16.5. The number of hydrogen-bond acceptors (Lipinski definition) is 4. The number of carbonyl (C=O) groups is 1. The number of aliphatic imine (C=N–C) groups is 1. The molecule has 1 aromatic rings. The fourth-order valence-electron chi connectivity index (χ4n) is 2.79. The van der Waals surface area contributed by atoms with Gasteiger partial charge in [0, 0.05) is 29.9 Å². The Morgan fingerprint density at radius 1 is 1.35 bits per heavy atom. The van der Waals surface area contributed by atoms with E-state index in [1.165, 1.54) is 9.75 Å². The van der Waals surface area contributed by atoms with Crippen LogP contribution in [0.5, 0.6) is 0 Å². The molecule has 2 rings (SSSR count). The summed E-state index contributed by atoms with van der Waals surface area (Å²) in [4.78, 5) is 21.1. The van der Waals surface area contributed by atoms with E-state index < -0.39 is 0 Å². The summed E-state index contributed by atoms with van der Waals surface area (Å²) in [6, 6.07) is 4.37. The zero-order valence-electron chi connectivity index (χ0n) is 14.3. The molecule has 0 amide bonds. The number of nitrogens with zero attached hydrogens (tertiary/aromatic N) is 2. The maximum Gasteiger partial charge on any atom is 0.309 e. The van der Waals surface area contributed by atoms with Crippen LogP contribution in [0.3, 0.4) is 0 Å². The number of hydrogen-bond donors (Lipinski definition) is 1. The molecule has 5 nitrogen and oxygen atoms in total. The lowest BCUT2D eigenvalue weighted by atomic mass is 9.97. The molecule has 0 aliphatic carbocycles. The molecular formula is C17H27N3O2S. The molecule has 1 aliphatic rings. The zero-order chi connectivity index (χ0) is 16.7. The lowest BCUT2D eigenvalue weighted by molar-refractivity contribution is -0.149. The number of ether oxygens (including phenoxy) is 1. The molecule has 1 aliphatic heterocycles. The minimum atomic E-state index is -0.0548. The minimum Gasteiger partial charge on any atom is -0.466 e. The summed E-state index contributed by atoms with van der Waals surface area (Å²) in [7, 11) is 1.81. The number of nitrogens with one attached hydrogen (secondary N) is 1. The quantitative estimate of drug-likeness (QED) is 0.510.